The average molecular weight is 595 g/mol. The van der Waals surface area contributed by atoms with E-state index >= 15 is 0 Å². The predicted octanol–water partition coefficient (Wildman–Crippen LogP) is 3.93. The van der Waals surface area contributed by atoms with Crippen LogP contribution in [0.5, 0.6) is 0 Å². The van der Waals surface area contributed by atoms with E-state index < -0.39 is 0 Å². The molecule has 0 spiro atoms. The Labute approximate surface area is 259 Å². The fraction of sp³-hybridized carbons (Fsp3) is 0.353. The van der Waals surface area contributed by atoms with Crippen LogP contribution < -0.4 is 10.6 Å². The van der Waals surface area contributed by atoms with E-state index in [4.69, 9.17) is 10.8 Å². The van der Waals surface area contributed by atoms with Crippen molar-refractivity contribution < 1.29 is 9.59 Å². The fourth-order valence-electron chi connectivity index (χ4n) is 6.23. The summed E-state index contributed by atoms with van der Waals surface area (Å²) in [6.07, 6.45) is 1.63. The van der Waals surface area contributed by atoms with Gasteiger partial charge in [0.1, 0.15) is 13.1 Å². The second-order valence-electron chi connectivity index (χ2n) is 11.3. The summed E-state index contributed by atoms with van der Waals surface area (Å²) >= 11 is 0. The van der Waals surface area contributed by atoms with Gasteiger partial charge in [0.15, 0.2) is 11.9 Å². The van der Waals surface area contributed by atoms with Crippen LogP contribution in [0.1, 0.15) is 25.0 Å². The van der Waals surface area contributed by atoms with Crippen molar-refractivity contribution in [3.8, 4) is 0 Å². The van der Waals surface area contributed by atoms with E-state index in [2.05, 4.69) is 34.9 Å². The number of anilines is 2. The summed E-state index contributed by atoms with van der Waals surface area (Å²) in [6.45, 7) is 6.85. The first-order valence-corrected chi connectivity index (χ1v) is 15.3. The summed E-state index contributed by atoms with van der Waals surface area (Å²) in [7, 11) is 0. The van der Waals surface area contributed by atoms with Crippen LogP contribution in [0.4, 0.5) is 11.4 Å². The lowest BCUT2D eigenvalue weighted by Gasteiger charge is -2.23. The maximum Gasteiger partial charge on any atom is 0.244 e. The zero-order valence-electron chi connectivity index (χ0n) is 25.5. The minimum atomic E-state index is -0.218. The molecule has 0 aromatic heterocycles. The van der Waals surface area contributed by atoms with Gasteiger partial charge in [-0.2, -0.15) is 0 Å². The minimum Gasteiger partial charge on any atom is -0.338 e. The Morgan fingerprint density at radius 2 is 1.07 bits per heavy atom. The number of hydrogen-bond acceptors (Lipinski definition) is 4. The van der Waals surface area contributed by atoms with Crippen molar-refractivity contribution in [1.82, 2.24) is 19.6 Å². The van der Waals surface area contributed by atoms with Crippen LogP contribution >= 0.6 is 0 Å². The molecule has 2 saturated heterocycles. The molecule has 0 bridgehead atoms. The third-order valence-corrected chi connectivity index (χ3v) is 8.30. The van der Waals surface area contributed by atoms with E-state index in [1.165, 1.54) is 11.1 Å². The van der Waals surface area contributed by atoms with Gasteiger partial charge in [-0.15, -0.1) is 0 Å². The van der Waals surface area contributed by atoms with E-state index in [9.17, 15) is 9.59 Å². The number of likely N-dealkylation sites (N-methyl/N-ethyl adjacent to an activating group) is 2. The molecule has 44 heavy (non-hydrogen) atoms. The number of nitrogens with one attached hydrogen (secondary N) is 4. The first kappa shape index (κ1) is 30.6. The predicted molar refractivity (Wildman–Crippen MR) is 175 cm³/mol. The van der Waals surface area contributed by atoms with Crippen LogP contribution in [0, 0.1) is 10.8 Å². The lowest BCUT2D eigenvalue weighted by molar-refractivity contribution is -0.117. The highest BCUT2D eigenvalue weighted by atomic mass is 16.2. The smallest absolute Gasteiger partial charge is 0.244 e. The highest BCUT2D eigenvalue weighted by Crippen LogP contribution is 2.22. The molecule has 10 nitrogen and oxygen atoms in total. The van der Waals surface area contributed by atoms with Crippen molar-refractivity contribution in [2.24, 2.45) is 0 Å². The van der Waals surface area contributed by atoms with Crippen molar-refractivity contribution in [3.05, 3.63) is 96.1 Å². The maximum absolute atomic E-state index is 13.0. The lowest BCUT2D eigenvalue weighted by Crippen LogP contribution is -2.38. The third-order valence-electron chi connectivity index (χ3n) is 8.30. The zero-order valence-corrected chi connectivity index (χ0v) is 25.5. The number of hydrogen-bond donors (Lipinski definition) is 4. The van der Waals surface area contributed by atoms with Crippen LogP contribution in [0.15, 0.2) is 84.9 Å². The monoisotopic (exact) mass is 594 g/mol. The highest BCUT2D eigenvalue weighted by molar-refractivity contribution is 5.98. The molecule has 0 saturated carbocycles. The van der Waals surface area contributed by atoms with E-state index in [1.807, 2.05) is 69.8 Å². The lowest BCUT2D eigenvalue weighted by atomic mass is 10.1. The molecule has 3 aromatic rings. The van der Waals surface area contributed by atoms with Gasteiger partial charge in [-0.05, 0) is 56.0 Å². The van der Waals surface area contributed by atoms with Gasteiger partial charge in [0.2, 0.25) is 11.8 Å². The Kier molecular flexibility index (Phi) is 9.79. The second-order valence-corrected chi connectivity index (χ2v) is 11.3. The number of amides is 2. The number of guanidine groups is 2. The molecule has 3 aromatic carbocycles. The van der Waals surface area contributed by atoms with Crippen molar-refractivity contribution in [2.45, 2.75) is 38.8 Å². The van der Waals surface area contributed by atoms with Crippen molar-refractivity contribution in [1.29, 1.82) is 10.8 Å². The average Bonchev–Trinajstić information content (AvgIpc) is 3.47. The number of benzene rings is 3. The van der Waals surface area contributed by atoms with Gasteiger partial charge >= 0.3 is 0 Å². The maximum atomic E-state index is 13.0. The van der Waals surface area contributed by atoms with Crippen molar-refractivity contribution in [2.75, 3.05) is 49.9 Å². The molecule has 5 rings (SSSR count). The quantitative estimate of drug-likeness (QED) is 0.252. The van der Waals surface area contributed by atoms with Gasteiger partial charge in [0, 0.05) is 37.6 Å². The van der Waals surface area contributed by atoms with Gasteiger partial charge in [-0.1, -0.05) is 66.7 Å². The molecule has 2 atom stereocenters. The van der Waals surface area contributed by atoms with Gasteiger partial charge in [-0.3, -0.25) is 20.4 Å². The highest BCUT2D eigenvalue weighted by Gasteiger charge is 2.35. The Balaban J connectivity index is 1.13. The summed E-state index contributed by atoms with van der Waals surface area (Å²) in [4.78, 5) is 33.7. The Bertz CT molecular complexity index is 1360. The Morgan fingerprint density at radius 1 is 0.659 bits per heavy atom. The minimum absolute atomic E-state index is 0.0758. The molecular weight excluding hydrogens is 552 g/mol. The summed E-state index contributed by atoms with van der Waals surface area (Å²) in [5, 5.41) is 23.1. The van der Waals surface area contributed by atoms with Gasteiger partial charge in [-0.25, -0.2) is 0 Å². The molecule has 230 valence electrons. The van der Waals surface area contributed by atoms with Gasteiger partial charge in [0.05, 0.1) is 12.1 Å². The summed E-state index contributed by atoms with van der Waals surface area (Å²) in [6, 6.07) is 27.8. The molecule has 4 N–H and O–H groups in total. The van der Waals surface area contributed by atoms with Crippen molar-refractivity contribution in [3.63, 3.8) is 0 Å². The molecule has 0 unspecified atom stereocenters. The van der Waals surface area contributed by atoms with E-state index in [1.54, 1.807) is 24.3 Å². The number of carbonyl (C=O) groups is 2. The third kappa shape index (κ3) is 7.37. The normalized spacial score (nSPS) is 18.2. The van der Waals surface area contributed by atoms with E-state index in [-0.39, 0.29) is 37.0 Å². The Morgan fingerprint density at radius 3 is 1.45 bits per heavy atom. The first-order valence-electron chi connectivity index (χ1n) is 15.3. The van der Waals surface area contributed by atoms with Gasteiger partial charge in [0.25, 0.3) is 0 Å². The number of rotatable bonds is 12. The molecular formula is C34H42N8O2. The molecule has 10 heteroatoms. The van der Waals surface area contributed by atoms with Crippen LogP contribution in [0.3, 0.4) is 0 Å². The molecule has 2 aliphatic rings. The molecule has 0 aliphatic carbocycles. The number of carbonyl (C=O) groups excluding carboxylic acids is 2. The largest absolute Gasteiger partial charge is 0.338 e. The van der Waals surface area contributed by atoms with Crippen LogP contribution in [0.2, 0.25) is 0 Å². The second kappa shape index (κ2) is 14.1. The van der Waals surface area contributed by atoms with Crippen LogP contribution in [-0.2, 0) is 22.4 Å². The topological polar surface area (TPSA) is 119 Å². The van der Waals surface area contributed by atoms with E-state index in [0.717, 1.165) is 12.8 Å². The molecule has 2 amide bonds. The van der Waals surface area contributed by atoms with Crippen LogP contribution in [0.25, 0.3) is 0 Å². The first-order chi connectivity index (χ1) is 21.3. The molecule has 0 radical (unpaired) electrons. The van der Waals surface area contributed by atoms with Crippen molar-refractivity contribution >= 4 is 35.1 Å². The van der Waals surface area contributed by atoms with Gasteiger partial charge < -0.3 is 30.2 Å². The summed E-state index contributed by atoms with van der Waals surface area (Å²) in [5.74, 6) is 0.294. The molecule has 2 heterocycles. The molecule has 2 fully saturated rings. The molecule has 2 aliphatic heterocycles. The zero-order chi connectivity index (χ0) is 31.1. The SMILES string of the molecule is CCN1C(=N)N(CC(=O)Nc2cccc(NC(=O)CN3C[C@H](Cc4ccccc4)N(CC)C3=N)c2)C[C@@H]1Cc1ccccc1. The van der Waals surface area contributed by atoms with Crippen LogP contribution in [-0.4, -0.2) is 94.7 Å². The fourth-order valence-corrected chi connectivity index (χ4v) is 6.23. The standard InChI is InChI=1S/C34H42N8O2/c1-3-41-29(18-25-12-7-5-8-13-25)21-39(33(41)35)23-31(43)37-27-16-11-17-28(20-27)38-32(44)24-40-22-30(42(4-2)34(40)36)19-26-14-9-6-10-15-26/h5-17,20,29-30,35-36H,3-4,18-19,21-24H2,1-2H3,(H,37,43)(H,38,44)/t29-,30-/m0/s1. The summed E-state index contributed by atoms with van der Waals surface area (Å²) < 4.78 is 0. The summed E-state index contributed by atoms with van der Waals surface area (Å²) in [5.41, 5.74) is 3.57. The Hall–Kier alpha value is -4.86. The number of nitrogens with zero attached hydrogens (tertiary/aromatic N) is 4. The van der Waals surface area contributed by atoms with E-state index in [0.29, 0.717) is 49.5 Å².